The first-order valence-corrected chi connectivity index (χ1v) is 5.81. The Labute approximate surface area is 110 Å². The van der Waals surface area contributed by atoms with Gasteiger partial charge in [0.1, 0.15) is 0 Å². The average Bonchev–Trinajstić information content (AvgIpc) is 2.25. The fraction of sp³-hybridized carbons (Fsp3) is 0.625. The molecule has 0 aromatic carbocycles. The second-order valence-electron chi connectivity index (χ2n) is 3.29. The van der Waals surface area contributed by atoms with Crippen LogP contribution in [0.3, 0.4) is 0 Å². The van der Waals surface area contributed by atoms with Gasteiger partial charge < -0.3 is 0 Å². The molecule has 0 N–H and O–H groups in total. The van der Waals surface area contributed by atoms with E-state index in [9.17, 15) is 0 Å². The Hall–Kier alpha value is -0.520. The maximum absolute atomic E-state index is 5.99. The number of nitrogens with zero attached hydrogens (tertiary/aromatic N) is 5. The molecule has 0 radical (unpaired) electrons. The Morgan fingerprint density at radius 3 is 2.19 bits per heavy atom. The van der Waals surface area contributed by atoms with Crippen molar-refractivity contribution in [2.75, 3.05) is 15.4 Å². The Morgan fingerprint density at radius 2 is 1.69 bits per heavy atom. The molecule has 0 bridgehead atoms. The summed E-state index contributed by atoms with van der Waals surface area (Å²) in [6.07, 6.45) is 0. The molecule has 8 heteroatoms. The average molecular weight is 285 g/mol. The van der Waals surface area contributed by atoms with Crippen molar-refractivity contribution in [3.63, 3.8) is 0 Å². The monoisotopic (exact) mass is 283 g/mol. The van der Waals surface area contributed by atoms with Crippen LogP contribution < -0.4 is 8.84 Å². The van der Waals surface area contributed by atoms with Gasteiger partial charge in [-0.2, -0.15) is 15.0 Å². The second kappa shape index (κ2) is 5.70. The number of hydrogen-bond acceptors (Lipinski definition) is 5. The zero-order valence-corrected chi connectivity index (χ0v) is 11.4. The van der Waals surface area contributed by atoms with Crippen LogP contribution in [0.5, 0.6) is 0 Å². The molecule has 1 aromatic rings. The van der Waals surface area contributed by atoms with E-state index < -0.39 is 0 Å². The number of aromatic nitrogens is 3. The largest absolute Gasteiger partial charge is 0.253 e. The predicted molar refractivity (Wildman–Crippen MR) is 67.2 cm³/mol. The molecule has 0 spiro atoms. The first-order valence-electron chi connectivity index (χ1n) is 4.75. The van der Waals surface area contributed by atoms with Crippen LogP contribution in [0.1, 0.15) is 20.8 Å². The molecule has 1 rings (SSSR count). The van der Waals surface area contributed by atoms with Gasteiger partial charge in [-0.3, -0.25) is 8.84 Å². The molecule has 0 saturated heterocycles. The lowest BCUT2D eigenvalue weighted by atomic mass is 10.4. The Morgan fingerprint density at radius 1 is 1.12 bits per heavy atom. The molecule has 0 saturated carbocycles. The molecule has 0 atom stereocenters. The van der Waals surface area contributed by atoms with Crippen LogP contribution in [-0.2, 0) is 0 Å². The quantitative estimate of drug-likeness (QED) is 0.796. The smallest absolute Gasteiger partial charge is 0.246 e. The topological polar surface area (TPSA) is 45.2 Å². The normalized spacial score (nSPS) is 10.7. The third kappa shape index (κ3) is 3.23. The lowest BCUT2D eigenvalue weighted by molar-refractivity contribution is 0.795. The van der Waals surface area contributed by atoms with E-state index >= 15 is 0 Å². The first-order chi connectivity index (χ1) is 7.45. The van der Waals surface area contributed by atoms with Crippen LogP contribution in [0.15, 0.2) is 0 Å². The van der Waals surface area contributed by atoms with E-state index in [2.05, 4.69) is 15.0 Å². The highest BCUT2D eigenvalue weighted by Crippen LogP contribution is 2.20. The Kier molecular flexibility index (Phi) is 4.83. The van der Waals surface area contributed by atoms with Gasteiger partial charge in [-0.1, -0.05) is 0 Å². The molecule has 16 heavy (non-hydrogen) atoms. The van der Waals surface area contributed by atoms with E-state index in [-0.39, 0.29) is 23.2 Å². The van der Waals surface area contributed by atoms with Gasteiger partial charge in [-0.15, -0.1) is 0 Å². The SMILES string of the molecule is CCN(Cl)c1nc(Cl)nc(N(Cl)C(C)C)n1. The van der Waals surface area contributed by atoms with Gasteiger partial charge in [0, 0.05) is 36.1 Å². The Balaban J connectivity index is 3.07. The van der Waals surface area contributed by atoms with Crippen molar-refractivity contribution >= 4 is 47.1 Å². The number of anilines is 2. The zero-order chi connectivity index (χ0) is 12.3. The van der Waals surface area contributed by atoms with Gasteiger partial charge in [0.05, 0.1) is 0 Å². The molecule has 0 aliphatic carbocycles. The highest BCUT2D eigenvalue weighted by atomic mass is 35.5. The van der Waals surface area contributed by atoms with Crippen LogP contribution >= 0.6 is 35.2 Å². The molecule has 0 unspecified atom stereocenters. The van der Waals surface area contributed by atoms with Crippen LogP contribution in [0.2, 0.25) is 5.28 Å². The van der Waals surface area contributed by atoms with Crippen molar-refractivity contribution in [1.29, 1.82) is 0 Å². The highest BCUT2D eigenvalue weighted by Gasteiger charge is 2.15. The maximum atomic E-state index is 5.99. The number of rotatable bonds is 4. The summed E-state index contributed by atoms with van der Waals surface area (Å²) >= 11 is 17.6. The lowest BCUT2D eigenvalue weighted by Gasteiger charge is -2.19. The summed E-state index contributed by atoms with van der Waals surface area (Å²) in [5.74, 6) is 0.566. The minimum atomic E-state index is 0.0402. The van der Waals surface area contributed by atoms with Gasteiger partial charge in [0.15, 0.2) is 0 Å². The van der Waals surface area contributed by atoms with E-state index in [1.807, 2.05) is 20.8 Å². The third-order valence-electron chi connectivity index (χ3n) is 1.72. The zero-order valence-electron chi connectivity index (χ0n) is 9.15. The molecule has 0 fully saturated rings. The van der Waals surface area contributed by atoms with Gasteiger partial charge in [-0.25, -0.2) is 0 Å². The van der Waals surface area contributed by atoms with E-state index in [0.717, 1.165) is 0 Å². The van der Waals surface area contributed by atoms with E-state index in [1.165, 1.54) is 8.84 Å². The minimum Gasteiger partial charge on any atom is -0.253 e. The summed E-state index contributed by atoms with van der Waals surface area (Å²) in [5.41, 5.74) is 0. The van der Waals surface area contributed by atoms with Crippen molar-refractivity contribution in [3.05, 3.63) is 5.28 Å². The predicted octanol–water partition coefficient (Wildman–Crippen LogP) is 2.87. The van der Waals surface area contributed by atoms with Crippen molar-refractivity contribution in [3.8, 4) is 0 Å². The molecular weight excluding hydrogens is 272 g/mol. The molecule has 1 aromatic heterocycles. The fourth-order valence-corrected chi connectivity index (χ4v) is 1.21. The van der Waals surface area contributed by atoms with E-state index in [0.29, 0.717) is 6.54 Å². The fourth-order valence-electron chi connectivity index (χ4n) is 0.906. The number of halogens is 3. The molecule has 1 heterocycles. The standard InChI is InChI=1S/C8H12Cl3N5/c1-4-15(10)7-12-6(9)13-8(14-7)16(11)5(2)3/h5H,4H2,1-3H3. The summed E-state index contributed by atoms with van der Waals surface area (Å²) in [4.78, 5) is 11.9. The maximum Gasteiger partial charge on any atom is 0.246 e. The molecular formula is C8H12Cl3N5. The molecule has 0 amide bonds. The van der Waals surface area contributed by atoms with Crippen LogP contribution in [0.25, 0.3) is 0 Å². The third-order valence-corrected chi connectivity index (χ3v) is 2.82. The molecule has 0 aliphatic rings. The summed E-state index contributed by atoms with van der Waals surface area (Å²) in [7, 11) is 0. The molecule has 90 valence electrons. The lowest BCUT2D eigenvalue weighted by Crippen LogP contribution is -2.23. The summed E-state index contributed by atoms with van der Waals surface area (Å²) in [5, 5.41) is 0.0606. The van der Waals surface area contributed by atoms with E-state index in [1.54, 1.807) is 0 Å². The summed E-state index contributed by atoms with van der Waals surface area (Å²) < 4.78 is 2.71. The van der Waals surface area contributed by atoms with Crippen molar-refractivity contribution in [2.45, 2.75) is 26.8 Å². The minimum absolute atomic E-state index is 0.0402. The molecule has 5 nitrogen and oxygen atoms in total. The van der Waals surface area contributed by atoms with Crippen molar-refractivity contribution in [2.24, 2.45) is 0 Å². The van der Waals surface area contributed by atoms with Crippen LogP contribution in [0.4, 0.5) is 11.9 Å². The van der Waals surface area contributed by atoms with Crippen molar-refractivity contribution in [1.82, 2.24) is 15.0 Å². The van der Waals surface area contributed by atoms with Crippen LogP contribution in [0, 0.1) is 0 Å². The summed E-state index contributed by atoms with van der Waals surface area (Å²) in [6, 6.07) is 0.0402. The molecule has 0 aliphatic heterocycles. The van der Waals surface area contributed by atoms with Gasteiger partial charge >= 0.3 is 0 Å². The number of hydrogen-bond donors (Lipinski definition) is 0. The van der Waals surface area contributed by atoms with Gasteiger partial charge in [0.25, 0.3) is 0 Å². The van der Waals surface area contributed by atoms with Gasteiger partial charge in [0.2, 0.25) is 17.2 Å². The van der Waals surface area contributed by atoms with Gasteiger partial charge in [-0.05, 0) is 32.4 Å². The van der Waals surface area contributed by atoms with Crippen molar-refractivity contribution < 1.29 is 0 Å². The Bertz CT molecular complexity index is 360. The second-order valence-corrected chi connectivity index (χ2v) is 4.40. The van der Waals surface area contributed by atoms with E-state index in [4.69, 9.17) is 35.2 Å². The highest BCUT2D eigenvalue weighted by molar-refractivity contribution is 6.29. The first kappa shape index (κ1) is 13.5. The van der Waals surface area contributed by atoms with Crippen LogP contribution in [-0.4, -0.2) is 27.5 Å². The summed E-state index contributed by atoms with van der Waals surface area (Å²) in [6.45, 7) is 6.22.